The van der Waals surface area contributed by atoms with E-state index in [0.29, 0.717) is 16.0 Å². The number of alkyl halides is 3. The number of hydrogen-bond donors (Lipinski definition) is 1. The first-order valence-electron chi connectivity index (χ1n) is 6.28. The van der Waals surface area contributed by atoms with Gasteiger partial charge in [0.05, 0.1) is 16.6 Å². The van der Waals surface area contributed by atoms with Crippen LogP contribution in [0.5, 0.6) is 0 Å². The zero-order chi connectivity index (χ0) is 15.9. The van der Waals surface area contributed by atoms with Gasteiger partial charge in [0, 0.05) is 38.8 Å². The van der Waals surface area contributed by atoms with Gasteiger partial charge in [0.25, 0.3) is 0 Å². The van der Waals surface area contributed by atoms with E-state index in [1.807, 2.05) is 18.2 Å². The molecule has 0 unspecified atom stereocenters. The summed E-state index contributed by atoms with van der Waals surface area (Å²) >= 11 is 11.6. The predicted molar refractivity (Wildman–Crippen MR) is 99.9 cm³/mol. The van der Waals surface area contributed by atoms with Gasteiger partial charge in [0.15, 0.2) is 0 Å². The van der Waals surface area contributed by atoms with E-state index >= 15 is 0 Å². The van der Waals surface area contributed by atoms with Crippen molar-refractivity contribution >= 4 is 23.2 Å². The van der Waals surface area contributed by atoms with Crippen LogP contribution >= 0.6 is 23.2 Å². The fraction of sp³-hybridized carbons (Fsp3) is 0.647. The maximum atomic E-state index is 11.4. The molecule has 1 N–H and O–H groups in total. The van der Waals surface area contributed by atoms with Gasteiger partial charge in [-0.15, -0.1) is 0 Å². The van der Waals surface area contributed by atoms with Gasteiger partial charge in [0.1, 0.15) is 0 Å². The van der Waals surface area contributed by atoms with E-state index in [1.54, 1.807) is 13.8 Å². The molecule has 1 radical (unpaired) electrons. The topological polar surface area (TPSA) is 12.0 Å². The van der Waals surface area contributed by atoms with E-state index in [2.05, 4.69) is 19.2 Å². The first-order valence-corrected chi connectivity index (χ1v) is 7.03. The summed E-state index contributed by atoms with van der Waals surface area (Å²) < 4.78 is 34.1. The molecule has 24 heavy (non-hydrogen) atoms. The third-order valence-corrected chi connectivity index (χ3v) is 3.06. The Balaban J connectivity index is -0.0000000874. The normalized spacial score (nSPS) is 9.62. The molecular weight excluding hydrogens is 435 g/mol. The van der Waals surface area contributed by atoms with Crippen LogP contribution in [0.2, 0.25) is 10.0 Å². The molecule has 0 aliphatic carbocycles. The van der Waals surface area contributed by atoms with Crippen molar-refractivity contribution in [1.82, 2.24) is 5.32 Å². The van der Waals surface area contributed by atoms with Crippen molar-refractivity contribution in [3.8, 4) is 0 Å². The van der Waals surface area contributed by atoms with Gasteiger partial charge < -0.3 is 5.32 Å². The first kappa shape index (κ1) is 35.7. The molecule has 0 aliphatic heterocycles. The molecular formula is C17H32Cl2F3NY. The molecule has 0 atom stereocenters. The van der Waals surface area contributed by atoms with Crippen molar-refractivity contribution in [1.29, 1.82) is 0 Å². The van der Waals surface area contributed by atoms with Crippen LogP contribution in [0, 0.1) is 0 Å². The van der Waals surface area contributed by atoms with E-state index in [1.165, 1.54) is 5.56 Å². The monoisotopic (exact) mass is 466 g/mol. The molecule has 1 aromatic rings. The smallest absolute Gasteiger partial charge is 0.306 e. The van der Waals surface area contributed by atoms with E-state index in [4.69, 9.17) is 23.2 Å². The van der Waals surface area contributed by atoms with Crippen molar-refractivity contribution in [2.75, 3.05) is 6.54 Å². The van der Waals surface area contributed by atoms with Gasteiger partial charge in [0.2, 0.25) is 0 Å². The van der Waals surface area contributed by atoms with E-state index in [0.717, 1.165) is 0 Å². The Bertz CT molecular complexity index is 411. The Labute approximate surface area is 182 Å². The molecule has 0 heterocycles. The summed E-state index contributed by atoms with van der Waals surface area (Å²) in [5.41, 5.74) is 1.22. The van der Waals surface area contributed by atoms with Crippen LogP contribution < -0.4 is 5.32 Å². The van der Waals surface area contributed by atoms with E-state index in [-0.39, 0.29) is 61.0 Å². The maximum absolute atomic E-state index is 11.4. The fourth-order valence-corrected chi connectivity index (χ4v) is 1.50. The average Bonchev–Trinajstić information content (AvgIpc) is 2.30. The summed E-state index contributed by atoms with van der Waals surface area (Å²) in [6.45, 7) is 6.70. The summed E-state index contributed by atoms with van der Waals surface area (Å²) in [5, 5.41) is 3.52. The Morgan fingerprint density at radius 2 is 1.42 bits per heavy atom. The maximum Gasteiger partial charge on any atom is 0.401 e. The minimum Gasteiger partial charge on any atom is -0.306 e. The van der Waals surface area contributed by atoms with Crippen LogP contribution in [0.4, 0.5) is 13.2 Å². The number of benzene rings is 1. The third kappa shape index (κ3) is 19.0. The molecule has 1 nitrogen and oxygen atoms in total. The molecule has 0 saturated heterocycles. The van der Waals surface area contributed by atoms with Gasteiger partial charge >= 0.3 is 6.18 Å². The quantitative estimate of drug-likeness (QED) is 0.484. The molecule has 0 aliphatic rings. The first-order chi connectivity index (χ1) is 9.03. The van der Waals surface area contributed by atoms with Gasteiger partial charge in [-0.05, 0) is 23.6 Å². The van der Waals surface area contributed by atoms with Crippen LogP contribution in [0.25, 0.3) is 0 Å². The Morgan fingerprint density at radius 3 is 1.67 bits per heavy atom. The third-order valence-electron chi connectivity index (χ3n) is 2.32. The summed E-state index contributed by atoms with van der Waals surface area (Å²) in [4.78, 5) is 0. The number of halogens is 5. The molecule has 7 heteroatoms. The second-order valence-corrected chi connectivity index (χ2v) is 5.79. The molecule has 1 aromatic carbocycles. The zero-order valence-corrected chi connectivity index (χ0v) is 16.9. The second kappa shape index (κ2) is 17.1. The van der Waals surface area contributed by atoms with Crippen LogP contribution in [0.1, 0.15) is 61.5 Å². The largest absolute Gasteiger partial charge is 0.401 e. The summed E-state index contributed by atoms with van der Waals surface area (Å²) in [6.07, 6.45) is -4.08. The Morgan fingerprint density at radius 1 is 0.958 bits per heavy atom. The predicted octanol–water partition coefficient (Wildman–Crippen LogP) is 7.57. The van der Waals surface area contributed by atoms with Gasteiger partial charge in [-0.1, -0.05) is 79.2 Å². The van der Waals surface area contributed by atoms with Crippen LogP contribution in [-0.4, -0.2) is 18.8 Å². The molecule has 0 amide bonds. The minimum atomic E-state index is -4.08. The summed E-state index contributed by atoms with van der Waals surface area (Å²) in [6, 6.07) is 5.64. The minimum absolute atomic E-state index is 0. The van der Waals surface area contributed by atoms with Gasteiger partial charge in [-0.3, -0.25) is 0 Å². The molecule has 0 saturated carbocycles. The Kier molecular flexibility index (Phi) is 25.4. The molecule has 1 rings (SSSR count). The van der Waals surface area contributed by atoms with Crippen molar-refractivity contribution < 1.29 is 45.9 Å². The van der Waals surface area contributed by atoms with E-state index in [9.17, 15) is 13.2 Å². The van der Waals surface area contributed by atoms with Gasteiger partial charge in [-0.2, -0.15) is 13.2 Å². The van der Waals surface area contributed by atoms with Crippen molar-refractivity contribution in [3.05, 3.63) is 33.8 Å². The van der Waals surface area contributed by atoms with E-state index < -0.39 is 12.7 Å². The van der Waals surface area contributed by atoms with Crippen LogP contribution in [0.15, 0.2) is 18.2 Å². The van der Waals surface area contributed by atoms with Crippen molar-refractivity contribution in [2.24, 2.45) is 0 Å². The number of rotatable bonds is 3. The Hall–Kier alpha value is 0.654. The van der Waals surface area contributed by atoms with Crippen molar-refractivity contribution in [3.63, 3.8) is 0 Å². The zero-order valence-electron chi connectivity index (χ0n) is 12.6. The number of hydrogen-bond acceptors (Lipinski definition) is 1. The molecule has 143 valence electrons. The SMILES string of the molecule is C.C.C.CC(C)NCC(F)(F)F.CC(C)c1ccc(Cl)c(Cl)c1.[Y]. The van der Waals surface area contributed by atoms with Crippen molar-refractivity contribution in [2.45, 2.75) is 68.1 Å². The average molecular weight is 467 g/mol. The standard InChI is InChI=1S/C9H10Cl2.C5H10F3N.3CH4.Y/c1-6(2)7-3-4-8(10)9(11)5-7;1-4(2)9-3-5(6,7)8;;;;/h3-6H,1-2H3;4,9H,3H2,1-2H3;3*1H4;. The molecule has 0 aromatic heterocycles. The molecule has 0 fully saturated rings. The summed E-state index contributed by atoms with van der Waals surface area (Å²) in [5.74, 6) is 0.504. The van der Waals surface area contributed by atoms with Crippen LogP contribution in [0.3, 0.4) is 0 Å². The van der Waals surface area contributed by atoms with Gasteiger partial charge in [-0.25, -0.2) is 0 Å². The molecule has 0 spiro atoms. The second-order valence-electron chi connectivity index (χ2n) is 4.98. The summed E-state index contributed by atoms with van der Waals surface area (Å²) in [7, 11) is 0. The number of nitrogens with one attached hydrogen (secondary N) is 1. The molecule has 0 bridgehead atoms. The van der Waals surface area contributed by atoms with Crippen LogP contribution in [-0.2, 0) is 32.7 Å². The fourth-order valence-electron chi connectivity index (χ4n) is 1.19.